The fourth-order valence-electron chi connectivity index (χ4n) is 1.67. The van der Waals surface area contributed by atoms with Gasteiger partial charge in [-0.3, -0.25) is 4.79 Å². The molecule has 15 heavy (non-hydrogen) atoms. The molecule has 0 radical (unpaired) electrons. The molecule has 1 aliphatic rings. The van der Waals surface area contributed by atoms with Crippen molar-refractivity contribution in [3.05, 3.63) is 29.6 Å². The summed E-state index contributed by atoms with van der Waals surface area (Å²) in [6.45, 7) is 0. The van der Waals surface area contributed by atoms with Crippen LogP contribution in [-0.2, 0) is 11.2 Å². The number of hydrogen-bond donors (Lipinski definition) is 0. The first-order chi connectivity index (χ1) is 7.20. The van der Waals surface area contributed by atoms with Gasteiger partial charge >= 0.3 is 0 Å². The Labute approximate surface area is 92.0 Å². The van der Waals surface area contributed by atoms with Gasteiger partial charge in [0.15, 0.2) is 11.9 Å². The Morgan fingerprint density at radius 3 is 3.13 bits per heavy atom. The molecule has 0 fully saturated rings. The predicted octanol–water partition coefficient (Wildman–Crippen LogP) is 2.33. The molecule has 0 spiro atoms. The molecule has 0 saturated carbocycles. The molecule has 0 aliphatic carbocycles. The molecule has 1 heterocycles. The molecule has 80 valence electrons. The van der Waals surface area contributed by atoms with E-state index in [-0.39, 0.29) is 17.5 Å². The third-order valence-corrected chi connectivity index (χ3v) is 2.72. The van der Waals surface area contributed by atoms with Crippen molar-refractivity contribution < 1.29 is 13.9 Å². The highest BCUT2D eigenvalue weighted by Gasteiger charge is 2.25. The minimum Gasteiger partial charge on any atom is -0.482 e. The Morgan fingerprint density at radius 2 is 2.40 bits per heavy atom. The van der Waals surface area contributed by atoms with Gasteiger partial charge < -0.3 is 4.74 Å². The highest BCUT2D eigenvalue weighted by molar-refractivity contribution is 6.28. The summed E-state index contributed by atoms with van der Waals surface area (Å²) in [7, 11) is 0. The number of halogens is 2. The van der Waals surface area contributed by atoms with Gasteiger partial charge in [-0.05, 0) is 36.6 Å². The summed E-state index contributed by atoms with van der Waals surface area (Å²) < 4.78 is 18.3. The smallest absolute Gasteiger partial charge is 0.187 e. The molecule has 0 saturated heterocycles. The lowest BCUT2D eigenvalue weighted by Gasteiger charge is -2.24. The van der Waals surface area contributed by atoms with Gasteiger partial charge in [0.25, 0.3) is 0 Å². The van der Waals surface area contributed by atoms with E-state index >= 15 is 0 Å². The summed E-state index contributed by atoms with van der Waals surface area (Å²) in [4.78, 5) is 11.3. The minimum absolute atomic E-state index is 0.0405. The lowest BCUT2D eigenvalue weighted by molar-refractivity contribution is -0.123. The third kappa shape index (κ3) is 2.12. The van der Waals surface area contributed by atoms with Crippen LogP contribution in [0.5, 0.6) is 5.75 Å². The minimum atomic E-state index is -0.472. The molecule has 1 aromatic rings. The number of alkyl halides is 1. The zero-order chi connectivity index (χ0) is 10.8. The molecular weight excluding hydrogens is 219 g/mol. The average Bonchev–Trinajstić information content (AvgIpc) is 2.27. The van der Waals surface area contributed by atoms with Crippen LogP contribution in [-0.4, -0.2) is 17.8 Å². The van der Waals surface area contributed by atoms with Crippen LogP contribution in [0.15, 0.2) is 18.2 Å². The van der Waals surface area contributed by atoms with E-state index in [1.807, 2.05) is 0 Å². The lowest BCUT2D eigenvalue weighted by Crippen LogP contribution is -2.32. The molecule has 0 amide bonds. The number of ether oxygens (including phenoxy) is 1. The lowest BCUT2D eigenvalue weighted by atomic mass is 10.0. The van der Waals surface area contributed by atoms with Crippen LogP contribution in [0.1, 0.15) is 12.0 Å². The van der Waals surface area contributed by atoms with E-state index in [1.165, 1.54) is 12.1 Å². The maximum absolute atomic E-state index is 12.9. The van der Waals surface area contributed by atoms with E-state index in [9.17, 15) is 9.18 Å². The van der Waals surface area contributed by atoms with Crippen molar-refractivity contribution in [3.63, 3.8) is 0 Å². The number of fused-ring (bicyclic) bond motifs is 1. The van der Waals surface area contributed by atoms with Crippen LogP contribution < -0.4 is 4.74 Å². The van der Waals surface area contributed by atoms with Crippen LogP contribution in [0.25, 0.3) is 0 Å². The number of Topliss-reactive ketones (excluding diaryl/α,β-unsaturated/α-hetero) is 1. The van der Waals surface area contributed by atoms with E-state index in [0.717, 1.165) is 5.56 Å². The summed E-state index contributed by atoms with van der Waals surface area (Å²) in [6, 6.07) is 4.32. The van der Waals surface area contributed by atoms with Crippen molar-refractivity contribution in [1.29, 1.82) is 0 Å². The quantitative estimate of drug-likeness (QED) is 0.727. The average molecular weight is 229 g/mol. The van der Waals surface area contributed by atoms with Gasteiger partial charge in [0.1, 0.15) is 11.6 Å². The highest BCUT2D eigenvalue weighted by Crippen LogP contribution is 2.28. The Bertz CT molecular complexity index is 392. The molecule has 1 atom stereocenters. The van der Waals surface area contributed by atoms with Gasteiger partial charge in [0.05, 0.1) is 5.88 Å². The first kappa shape index (κ1) is 10.4. The zero-order valence-corrected chi connectivity index (χ0v) is 8.76. The molecule has 0 aromatic heterocycles. The predicted molar refractivity (Wildman–Crippen MR) is 54.9 cm³/mol. The van der Waals surface area contributed by atoms with Gasteiger partial charge in [-0.15, -0.1) is 11.6 Å². The maximum Gasteiger partial charge on any atom is 0.187 e. The first-order valence-electron chi connectivity index (χ1n) is 4.74. The number of benzene rings is 1. The fraction of sp³-hybridized carbons (Fsp3) is 0.364. The second-order valence-corrected chi connectivity index (χ2v) is 3.76. The summed E-state index contributed by atoms with van der Waals surface area (Å²) >= 11 is 5.45. The maximum atomic E-state index is 12.9. The Balaban J connectivity index is 2.20. The van der Waals surface area contributed by atoms with Crippen LogP contribution in [0.3, 0.4) is 0 Å². The van der Waals surface area contributed by atoms with Crippen LogP contribution in [0.2, 0.25) is 0 Å². The second-order valence-electron chi connectivity index (χ2n) is 3.50. The van der Waals surface area contributed by atoms with Crippen molar-refractivity contribution in [2.45, 2.75) is 18.9 Å². The van der Waals surface area contributed by atoms with Crippen molar-refractivity contribution in [3.8, 4) is 5.75 Å². The normalized spacial score (nSPS) is 19.2. The van der Waals surface area contributed by atoms with Crippen molar-refractivity contribution in [1.82, 2.24) is 0 Å². The molecule has 0 N–H and O–H groups in total. The Kier molecular flexibility index (Phi) is 2.91. The van der Waals surface area contributed by atoms with Gasteiger partial charge in [-0.1, -0.05) is 0 Å². The Morgan fingerprint density at radius 1 is 1.60 bits per heavy atom. The third-order valence-electron chi connectivity index (χ3n) is 2.46. The Hall–Kier alpha value is -1.09. The molecular formula is C11H10ClFO2. The van der Waals surface area contributed by atoms with E-state index in [2.05, 4.69) is 0 Å². The van der Waals surface area contributed by atoms with Gasteiger partial charge in [-0.2, -0.15) is 0 Å². The first-order valence-corrected chi connectivity index (χ1v) is 5.28. The van der Waals surface area contributed by atoms with Gasteiger partial charge in [0.2, 0.25) is 0 Å². The number of hydrogen-bond acceptors (Lipinski definition) is 2. The van der Waals surface area contributed by atoms with Gasteiger partial charge in [0, 0.05) is 0 Å². The number of aryl methyl sites for hydroxylation is 1. The number of ketones is 1. The van der Waals surface area contributed by atoms with Crippen molar-refractivity contribution in [2.75, 3.05) is 5.88 Å². The number of carbonyl (C=O) groups excluding carboxylic acids is 1. The monoisotopic (exact) mass is 228 g/mol. The van der Waals surface area contributed by atoms with Crippen molar-refractivity contribution in [2.24, 2.45) is 0 Å². The topological polar surface area (TPSA) is 26.3 Å². The second kappa shape index (κ2) is 4.19. The number of carbonyl (C=O) groups is 1. The summed E-state index contributed by atoms with van der Waals surface area (Å²) in [5, 5.41) is 0. The van der Waals surface area contributed by atoms with Crippen LogP contribution in [0, 0.1) is 5.82 Å². The summed E-state index contributed by atoms with van der Waals surface area (Å²) in [5.41, 5.74) is 0.814. The molecule has 1 aromatic carbocycles. The SMILES string of the molecule is O=C(CCl)[C@@H]1CCc2cc(F)ccc2O1. The van der Waals surface area contributed by atoms with E-state index < -0.39 is 6.10 Å². The van der Waals surface area contributed by atoms with E-state index in [4.69, 9.17) is 16.3 Å². The van der Waals surface area contributed by atoms with Crippen LogP contribution in [0.4, 0.5) is 4.39 Å². The largest absolute Gasteiger partial charge is 0.482 e. The molecule has 0 bridgehead atoms. The van der Waals surface area contributed by atoms with E-state index in [0.29, 0.717) is 18.6 Å². The van der Waals surface area contributed by atoms with Gasteiger partial charge in [-0.25, -0.2) is 4.39 Å². The van der Waals surface area contributed by atoms with Crippen LogP contribution >= 0.6 is 11.6 Å². The highest BCUT2D eigenvalue weighted by atomic mass is 35.5. The van der Waals surface area contributed by atoms with E-state index in [1.54, 1.807) is 6.07 Å². The standard InChI is InChI=1S/C11H10ClFO2/c12-6-9(14)11-3-1-7-5-8(13)2-4-10(7)15-11/h2,4-5,11H,1,3,6H2/t11-/m0/s1. The molecule has 4 heteroatoms. The molecule has 1 aliphatic heterocycles. The summed E-state index contributed by atoms with van der Waals surface area (Å²) in [6.07, 6.45) is 0.753. The number of rotatable bonds is 2. The van der Waals surface area contributed by atoms with Crippen molar-refractivity contribution >= 4 is 17.4 Å². The molecule has 2 rings (SSSR count). The molecule has 2 nitrogen and oxygen atoms in total. The molecule has 0 unspecified atom stereocenters. The fourth-order valence-corrected chi connectivity index (χ4v) is 1.84. The zero-order valence-electron chi connectivity index (χ0n) is 8.00. The summed E-state index contributed by atoms with van der Waals surface area (Å²) in [5.74, 6) is 0.151.